The average Bonchev–Trinajstić information content (AvgIpc) is 2.37. The summed E-state index contributed by atoms with van der Waals surface area (Å²) < 4.78 is 0. The fourth-order valence-electron chi connectivity index (χ4n) is 2.51. The third kappa shape index (κ3) is 4.73. The molecule has 0 aromatic heterocycles. The molecule has 104 valence electrons. The molecule has 0 saturated carbocycles. The molecule has 1 aromatic carbocycles. The van der Waals surface area contributed by atoms with E-state index in [4.69, 9.17) is 6.42 Å². The zero-order chi connectivity index (χ0) is 14.3. The number of rotatable bonds is 6. The third-order valence-corrected chi connectivity index (χ3v) is 3.41. The minimum absolute atomic E-state index is 0.177. The molecule has 0 bridgehead atoms. The lowest BCUT2D eigenvalue weighted by molar-refractivity contribution is 0.483. The lowest BCUT2D eigenvalue weighted by Crippen LogP contribution is -2.25. The Morgan fingerprint density at radius 1 is 1.26 bits per heavy atom. The topological polar surface area (TPSA) is 12.0 Å². The predicted molar refractivity (Wildman–Crippen MR) is 84.2 cm³/mol. The molecule has 1 N–H and O–H groups in total. The summed E-state index contributed by atoms with van der Waals surface area (Å²) in [5.74, 6) is 2.73. The Kier molecular flexibility index (Phi) is 6.12. The summed E-state index contributed by atoms with van der Waals surface area (Å²) >= 11 is 0. The van der Waals surface area contributed by atoms with E-state index in [1.807, 2.05) is 0 Å². The van der Waals surface area contributed by atoms with Crippen molar-refractivity contribution in [2.75, 3.05) is 6.54 Å². The van der Waals surface area contributed by atoms with E-state index in [2.05, 4.69) is 63.2 Å². The van der Waals surface area contributed by atoms with E-state index in [1.54, 1.807) is 0 Å². The summed E-state index contributed by atoms with van der Waals surface area (Å²) in [6, 6.07) is 9.18. The first-order valence-corrected chi connectivity index (χ1v) is 7.27. The number of hydrogen-bond donors (Lipinski definition) is 1. The Labute approximate surface area is 118 Å². The molecule has 0 heterocycles. The maximum atomic E-state index is 5.36. The molecule has 19 heavy (non-hydrogen) atoms. The monoisotopic (exact) mass is 257 g/mol. The number of benzene rings is 1. The quantitative estimate of drug-likeness (QED) is 0.587. The van der Waals surface area contributed by atoms with Crippen LogP contribution in [0.4, 0.5) is 0 Å². The van der Waals surface area contributed by atoms with Crippen molar-refractivity contribution in [3.63, 3.8) is 0 Å². The van der Waals surface area contributed by atoms with Crippen molar-refractivity contribution in [3.05, 3.63) is 35.4 Å². The molecule has 1 aromatic rings. The molecule has 0 aliphatic heterocycles. The third-order valence-electron chi connectivity index (χ3n) is 3.41. The van der Waals surface area contributed by atoms with Crippen molar-refractivity contribution in [3.8, 4) is 12.3 Å². The van der Waals surface area contributed by atoms with E-state index in [0.717, 1.165) is 25.8 Å². The summed E-state index contributed by atoms with van der Waals surface area (Å²) in [6.45, 7) is 9.97. The summed E-state index contributed by atoms with van der Waals surface area (Å²) in [5.41, 5.74) is 3.03. The van der Waals surface area contributed by atoms with Gasteiger partial charge in [0.2, 0.25) is 0 Å². The normalized spacial score (nSPS) is 13.0. The summed E-state index contributed by atoms with van der Waals surface area (Å²) in [7, 11) is 0. The van der Waals surface area contributed by atoms with Gasteiger partial charge in [-0.05, 0) is 35.9 Å². The summed E-state index contributed by atoms with van der Waals surface area (Å²) in [5, 5.41) is 3.60. The Hall–Kier alpha value is -1.26. The van der Waals surface area contributed by atoms with Crippen molar-refractivity contribution in [2.24, 2.45) is 0 Å². The maximum Gasteiger partial charge on any atom is 0.0323 e. The van der Waals surface area contributed by atoms with Gasteiger partial charge in [0.05, 0.1) is 0 Å². The standard InChI is InChI=1S/C18H27N/c1-6-8-9-14-17(19-7-2)15-12-10-11-13-16(15)18(3,4)5/h1,10-13,17,19H,7-9,14H2,2-5H3. The molecule has 1 rings (SSSR count). The Bertz CT molecular complexity index is 420. The van der Waals surface area contributed by atoms with E-state index in [9.17, 15) is 0 Å². The van der Waals surface area contributed by atoms with Gasteiger partial charge in [-0.2, -0.15) is 0 Å². The number of nitrogens with one attached hydrogen (secondary N) is 1. The van der Waals surface area contributed by atoms with Crippen LogP contribution >= 0.6 is 0 Å². The second-order valence-electron chi connectivity index (χ2n) is 6.04. The Morgan fingerprint density at radius 2 is 1.95 bits per heavy atom. The molecule has 0 spiro atoms. The highest BCUT2D eigenvalue weighted by molar-refractivity contribution is 5.35. The van der Waals surface area contributed by atoms with Gasteiger partial charge in [-0.3, -0.25) is 0 Å². The van der Waals surface area contributed by atoms with Gasteiger partial charge in [0.25, 0.3) is 0 Å². The van der Waals surface area contributed by atoms with E-state index in [1.165, 1.54) is 11.1 Å². The largest absolute Gasteiger partial charge is 0.310 e. The van der Waals surface area contributed by atoms with Gasteiger partial charge in [0, 0.05) is 12.5 Å². The molecular weight excluding hydrogens is 230 g/mol. The van der Waals surface area contributed by atoms with Crippen LogP contribution in [0.15, 0.2) is 24.3 Å². The minimum Gasteiger partial charge on any atom is -0.310 e. The first-order valence-electron chi connectivity index (χ1n) is 7.27. The second kappa shape index (κ2) is 7.36. The van der Waals surface area contributed by atoms with Crippen LogP contribution in [-0.4, -0.2) is 6.54 Å². The molecule has 1 atom stereocenters. The molecule has 1 unspecified atom stereocenters. The molecule has 0 aliphatic rings. The SMILES string of the molecule is C#CCCCC(NCC)c1ccccc1C(C)(C)C. The van der Waals surface area contributed by atoms with Gasteiger partial charge < -0.3 is 5.32 Å². The van der Waals surface area contributed by atoms with E-state index in [0.29, 0.717) is 6.04 Å². The Balaban J connectivity index is 2.98. The van der Waals surface area contributed by atoms with Crippen molar-refractivity contribution in [1.82, 2.24) is 5.32 Å². The van der Waals surface area contributed by atoms with Crippen LogP contribution in [0, 0.1) is 12.3 Å². The summed E-state index contributed by atoms with van der Waals surface area (Å²) in [6.07, 6.45) is 8.40. The van der Waals surface area contributed by atoms with Gasteiger partial charge in [0.15, 0.2) is 0 Å². The van der Waals surface area contributed by atoms with Gasteiger partial charge in [-0.25, -0.2) is 0 Å². The fraction of sp³-hybridized carbons (Fsp3) is 0.556. The van der Waals surface area contributed by atoms with Crippen molar-refractivity contribution >= 4 is 0 Å². The van der Waals surface area contributed by atoms with Crippen LogP contribution < -0.4 is 5.32 Å². The minimum atomic E-state index is 0.177. The highest BCUT2D eigenvalue weighted by Crippen LogP contribution is 2.31. The molecule has 0 amide bonds. The lowest BCUT2D eigenvalue weighted by atomic mass is 9.81. The van der Waals surface area contributed by atoms with E-state index >= 15 is 0 Å². The predicted octanol–water partition coefficient (Wildman–Crippen LogP) is 4.44. The van der Waals surface area contributed by atoms with Crippen molar-refractivity contribution in [2.45, 2.75) is 58.4 Å². The van der Waals surface area contributed by atoms with Gasteiger partial charge in [-0.15, -0.1) is 12.3 Å². The average molecular weight is 257 g/mol. The highest BCUT2D eigenvalue weighted by atomic mass is 14.9. The van der Waals surface area contributed by atoms with Crippen LogP contribution in [0.5, 0.6) is 0 Å². The number of unbranched alkanes of at least 4 members (excludes halogenated alkanes) is 1. The molecule has 0 radical (unpaired) electrons. The molecular formula is C18H27N. The molecule has 0 fully saturated rings. The van der Waals surface area contributed by atoms with Crippen molar-refractivity contribution < 1.29 is 0 Å². The fourth-order valence-corrected chi connectivity index (χ4v) is 2.51. The smallest absolute Gasteiger partial charge is 0.0323 e. The van der Waals surface area contributed by atoms with Crippen LogP contribution in [0.1, 0.15) is 64.1 Å². The molecule has 0 aliphatic carbocycles. The van der Waals surface area contributed by atoms with Gasteiger partial charge in [-0.1, -0.05) is 52.0 Å². The molecule has 1 heteroatoms. The molecule has 1 nitrogen and oxygen atoms in total. The summed E-state index contributed by atoms with van der Waals surface area (Å²) in [4.78, 5) is 0. The van der Waals surface area contributed by atoms with Crippen LogP contribution in [-0.2, 0) is 5.41 Å². The molecule has 0 saturated heterocycles. The van der Waals surface area contributed by atoms with Gasteiger partial charge in [0.1, 0.15) is 0 Å². The second-order valence-corrected chi connectivity index (χ2v) is 6.04. The van der Waals surface area contributed by atoms with Gasteiger partial charge >= 0.3 is 0 Å². The van der Waals surface area contributed by atoms with Crippen LogP contribution in [0.3, 0.4) is 0 Å². The van der Waals surface area contributed by atoms with E-state index < -0.39 is 0 Å². The number of hydrogen-bond acceptors (Lipinski definition) is 1. The first-order chi connectivity index (χ1) is 9.00. The van der Waals surface area contributed by atoms with Crippen molar-refractivity contribution in [1.29, 1.82) is 0 Å². The van der Waals surface area contributed by atoms with Crippen LogP contribution in [0.2, 0.25) is 0 Å². The number of terminal acetylenes is 1. The zero-order valence-corrected chi connectivity index (χ0v) is 12.8. The van der Waals surface area contributed by atoms with Crippen LogP contribution in [0.25, 0.3) is 0 Å². The lowest BCUT2D eigenvalue weighted by Gasteiger charge is -2.28. The van der Waals surface area contributed by atoms with E-state index in [-0.39, 0.29) is 5.41 Å². The maximum absolute atomic E-state index is 5.36. The Morgan fingerprint density at radius 3 is 2.53 bits per heavy atom. The first kappa shape index (κ1) is 15.8. The highest BCUT2D eigenvalue weighted by Gasteiger charge is 2.21. The zero-order valence-electron chi connectivity index (χ0n) is 12.8.